The van der Waals surface area contributed by atoms with E-state index in [4.69, 9.17) is 10.2 Å². The highest BCUT2D eigenvalue weighted by Crippen LogP contribution is 1.95. The van der Waals surface area contributed by atoms with Gasteiger partial charge in [-0.3, -0.25) is 4.68 Å². The lowest BCUT2D eigenvalue weighted by Gasteiger charge is -2.08. The third kappa shape index (κ3) is 3.45. The predicted octanol–water partition coefficient (Wildman–Crippen LogP) is -1.09. The van der Waals surface area contributed by atoms with Crippen LogP contribution in [0, 0.1) is 0 Å². The highest BCUT2D eigenvalue weighted by molar-refractivity contribution is 5.00. The Balaban J connectivity index is 2.13. The molecule has 0 fully saturated rings. The van der Waals surface area contributed by atoms with E-state index in [1.54, 1.807) is 6.20 Å². The Morgan fingerprint density at radius 1 is 1.64 bits per heavy atom. The van der Waals surface area contributed by atoms with Crippen molar-refractivity contribution in [3.63, 3.8) is 0 Å². The van der Waals surface area contributed by atoms with Gasteiger partial charge in [-0.25, -0.2) is 0 Å². The Hall–Kier alpha value is -0.910. The fraction of sp³-hybridized carbons (Fsp3) is 0.667. The lowest BCUT2D eigenvalue weighted by Crippen LogP contribution is -2.30. The van der Waals surface area contributed by atoms with E-state index in [1.807, 2.05) is 17.8 Å². The van der Waals surface area contributed by atoms with Crippen LogP contribution in [0.1, 0.15) is 5.69 Å². The highest BCUT2D eigenvalue weighted by atomic mass is 16.3. The molecule has 1 heterocycles. The number of aryl methyl sites for hydroxylation is 1. The van der Waals surface area contributed by atoms with E-state index < -0.39 is 6.10 Å². The molecule has 0 aromatic carbocycles. The Kier molecular flexibility index (Phi) is 4.58. The quantitative estimate of drug-likeness (QED) is 0.509. The van der Waals surface area contributed by atoms with Crippen molar-refractivity contribution in [3.8, 4) is 0 Å². The summed E-state index contributed by atoms with van der Waals surface area (Å²) in [5.41, 5.74) is 1.15. The fourth-order valence-corrected chi connectivity index (χ4v) is 1.20. The average Bonchev–Trinajstić information content (AvgIpc) is 2.58. The SMILES string of the molecule is Cn1nccc1CCNC[C@H](O)CO. The zero-order valence-corrected chi connectivity index (χ0v) is 8.35. The number of aliphatic hydroxyl groups is 2. The van der Waals surface area contributed by atoms with Crippen LogP contribution in [0.3, 0.4) is 0 Å². The molecule has 5 nitrogen and oxygen atoms in total. The minimum Gasteiger partial charge on any atom is -0.394 e. The van der Waals surface area contributed by atoms with E-state index in [-0.39, 0.29) is 6.61 Å². The van der Waals surface area contributed by atoms with Gasteiger partial charge in [-0.05, 0) is 6.07 Å². The van der Waals surface area contributed by atoms with E-state index in [0.29, 0.717) is 6.54 Å². The number of aromatic nitrogens is 2. The van der Waals surface area contributed by atoms with Gasteiger partial charge >= 0.3 is 0 Å². The first-order valence-corrected chi connectivity index (χ1v) is 4.70. The maximum atomic E-state index is 9.04. The van der Waals surface area contributed by atoms with Crippen LogP contribution in [-0.4, -0.2) is 45.8 Å². The van der Waals surface area contributed by atoms with Crippen LogP contribution < -0.4 is 5.32 Å². The van der Waals surface area contributed by atoms with Gasteiger partial charge in [-0.15, -0.1) is 0 Å². The first-order chi connectivity index (χ1) is 6.74. The second-order valence-corrected chi connectivity index (χ2v) is 3.24. The molecule has 0 saturated heterocycles. The first kappa shape index (κ1) is 11.2. The molecule has 0 saturated carbocycles. The van der Waals surface area contributed by atoms with Crippen LogP contribution in [0.4, 0.5) is 0 Å². The maximum Gasteiger partial charge on any atom is 0.0894 e. The van der Waals surface area contributed by atoms with E-state index >= 15 is 0 Å². The zero-order valence-electron chi connectivity index (χ0n) is 8.35. The van der Waals surface area contributed by atoms with Gasteiger partial charge in [0.2, 0.25) is 0 Å². The maximum absolute atomic E-state index is 9.04. The van der Waals surface area contributed by atoms with Crippen LogP contribution >= 0.6 is 0 Å². The molecule has 5 heteroatoms. The number of nitrogens with one attached hydrogen (secondary N) is 1. The average molecular weight is 199 g/mol. The van der Waals surface area contributed by atoms with Crippen molar-refractivity contribution in [1.82, 2.24) is 15.1 Å². The van der Waals surface area contributed by atoms with Crippen molar-refractivity contribution in [3.05, 3.63) is 18.0 Å². The number of aliphatic hydroxyl groups excluding tert-OH is 2. The smallest absolute Gasteiger partial charge is 0.0894 e. The molecule has 80 valence electrons. The Morgan fingerprint density at radius 3 is 3.00 bits per heavy atom. The molecule has 0 bridgehead atoms. The topological polar surface area (TPSA) is 70.3 Å². The van der Waals surface area contributed by atoms with Gasteiger partial charge < -0.3 is 15.5 Å². The predicted molar refractivity (Wildman–Crippen MR) is 52.9 cm³/mol. The van der Waals surface area contributed by atoms with Crippen molar-refractivity contribution in [1.29, 1.82) is 0 Å². The molecule has 14 heavy (non-hydrogen) atoms. The summed E-state index contributed by atoms with van der Waals surface area (Å²) in [4.78, 5) is 0. The molecule has 0 unspecified atom stereocenters. The van der Waals surface area contributed by atoms with Crippen LogP contribution in [0.5, 0.6) is 0 Å². The molecule has 1 rings (SSSR count). The number of hydrogen-bond acceptors (Lipinski definition) is 4. The summed E-state index contributed by atoms with van der Waals surface area (Å²) in [5, 5.41) is 24.7. The Bertz CT molecular complexity index is 262. The van der Waals surface area contributed by atoms with Gasteiger partial charge in [-0.1, -0.05) is 0 Å². The van der Waals surface area contributed by atoms with Crippen molar-refractivity contribution in [2.45, 2.75) is 12.5 Å². The summed E-state index contributed by atoms with van der Waals surface area (Å²) < 4.78 is 1.82. The Labute approximate surface area is 83.4 Å². The van der Waals surface area contributed by atoms with Gasteiger partial charge in [0, 0.05) is 38.4 Å². The Morgan fingerprint density at radius 2 is 2.43 bits per heavy atom. The lowest BCUT2D eigenvalue weighted by molar-refractivity contribution is 0.0947. The normalized spacial score (nSPS) is 13.1. The molecular formula is C9H17N3O2. The summed E-state index contributed by atoms with van der Waals surface area (Å²) in [6.45, 7) is 1.00. The van der Waals surface area contributed by atoms with Crippen molar-refractivity contribution >= 4 is 0 Å². The number of hydrogen-bond donors (Lipinski definition) is 3. The summed E-state index contributed by atoms with van der Waals surface area (Å²) in [6, 6.07) is 1.96. The minimum atomic E-state index is -0.665. The molecule has 0 spiro atoms. The summed E-state index contributed by atoms with van der Waals surface area (Å²) in [6.07, 6.45) is 1.97. The van der Waals surface area contributed by atoms with Crippen LogP contribution in [0.15, 0.2) is 12.3 Å². The zero-order chi connectivity index (χ0) is 10.4. The van der Waals surface area contributed by atoms with Gasteiger partial charge in [0.25, 0.3) is 0 Å². The van der Waals surface area contributed by atoms with Gasteiger partial charge in [0.05, 0.1) is 12.7 Å². The third-order valence-corrected chi connectivity index (χ3v) is 2.07. The van der Waals surface area contributed by atoms with Crippen LogP contribution in [0.25, 0.3) is 0 Å². The fourth-order valence-electron chi connectivity index (χ4n) is 1.20. The standard InChI is InChI=1S/C9H17N3O2/c1-12-8(3-5-11-12)2-4-10-6-9(14)7-13/h3,5,9-10,13-14H,2,4,6-7H2,1H3/t9-/m0/s1. The minimum absolute atomic E-state index is 0.196. The highest BCUT2D eigenvalue weighted by Gasteiger charge is 2.01. The largest absolute Gasteiger partial charge is 0.394 e. The molecule has 0 aliphatic heterocycles. The number of nitrogens with zero attached hydrogens (tertiary/aromatic N) is 2. The van der Waals surface area contributed by atoms with E-state index in [1.165, 1.54) is 0 Å². The number of rotatable bonds is 6. The van der Waals surface area contributed by atoms with Crippen molar-refractivity contribution in [2.75, 3.05) is 19.7 Å². The van der Waals surface area contributed by atoms with Gasteiger partial charge in [-0.2, -0.15) is 5.10 Å². The molecule has 0 aliphatic rings. The summed E-state index contributed by atoms with van der Waals surface area (Å²) in [7, 11) is 1.90. The van der Waals surface area contributed by atoms with Crippen molar-refractivity contribution < 1.29 is 10.2 Å². The molecule has 1 atom stereocenters. The summed E-state index contributed by atoms with van der Waals surface area (Å²) >= 11 is 0. The van der Waals surface area contributed by atoms with Crippen molar-refractivity contribution in [2.24, 2.45) is 7.05 Å². The molecule has 0 aliphatic carbocycles. The first-order valence-electron chi connectivity index (χ1n) is 4.70. The molecule has 1 aromatic rings. The van der Waals surface area contributed by atoms with E-state index in [0.717, 1.165) is 18.7 Å². The second kappa shape index (κ2) is 5.74. The molecule has 1 aromatic heterocycles. The molecular weight excluding hydrogens is 182 g/mol. The molecule has 0 radical (unpaired) electrons. The van der Waals surface area contributed by atoms with Gasteiger partial charge in [0.1, 0.15) is 0 Å². The van der Waals surface area contributed by atoms with Crippen LogP contribution in [0.2, 0.25) is 0 Å². The van der Waals surface area contributed by atoms with Crippen LogP contribution in [-0.2, 0) is 13.5 Å². The molecule has 0 amide bonds. The van der Waals surface area contributed by atoms with E-state index in [9.17, 15) is 0 Å². The van der Waals surface area contributed by atoms with E-state index in [2.05, 4.69) is 10.4 Å². The van der Waals surface area contributed by atoms with Gasteiger partial charge in [0.15, 0.2) is 0 Å². The second-order valence-electron chi connectivity index (χ2n) is 3.24. The third-order valence-electron chi connectivity index (χ3n) is 2.07. The monoisotopic (exact) mass is 199 g/mol. The summed E-state index contributed by atoms with van der Waals surface area (Å²) in [5.74, 6) is 0. The molecule has 3 N–H and O–H groups in total. The lowest BCUT2D eigenvalue weighted by atomic mass is 10.3.